The second-order valence-corrected chi connectivity index (χ2v) is 6.68. The maximum Gasteiger partial charge on any atom is 0.0909 e. The van der Waals surface area contributed by atoms with E-state index in [1.807, 2.05) is 6.21 Å². The molecule has 0 unspecified atom stereocenters. The zero-order valence-electron chi connectivity index (χ0n) is 14.5. The predicted molar refractivity (Wildman–Crippen MR) is 95.2 cm³/mol. The van der Waals surface area contributed by atoms with Gasteiger partial charge in [-0.05, 0) is 6.42 Å². The van der Waals surface area contributed by atoms with Crippen molar-refractivity contribution >= 4 is 6.21 Å². The minimum Gasteiger partial charge on any atom is -0.281 e. The molecular weight excluding hydrogens is 256 g/mol. The van der Waals surface area contributed by atoms with E-state index in [9.17, 15) is 0 Å². The van der Waals surface area contributed by atoms with E-state index < -0.39 is 0 Å². The molecule has 0 spiro atoms. The maximum atomic E-state index is 4.25. The SMILES string of the molecule is CCCCCCCCCCCCCCCCN1CC=NC1. The van der Waals surface area contributed by atoms with Gasteiger partial charge in [0.05, 0.1) is 6.67 Å². The molecule has 124 valence electrons. The van der Waals surface area contributed by atoms with Crippen molar-refractivity contribution in [3.63, 3.8) is 0 Å². The Balaban J connectivity index is 1.65. The highest BCUT2D eigenvalue weighted by molar-refractivity contribution is 5.61. The third-order valence-electron chi connectivity index (χ3n) is 4.58. The summed E-state index contributed by atoms with van der Waals surface area (Å²) in [5.41, 5.74) is 0. The van der Waals surface area contributed by atoms with Gasteiger partial charge in [-0.2, -0.15) is 0 Å². The molecule has 0 amide bonds. The minimum atomic E-state index is 0.943. The van der Waals surface area contributed by atoms with E-state index in [0.717, 1.165) is 13.2 Å². The summed E-state index contributed by atoms with van der Waals surface area (Å²) in [5.74, 6) is 0. The van der Waals surface area contributed by atoms with Crippen LogP contribution >= 0.6 is 0 Å². The van der Waals surface area contributed by atoms with Crippen molar-refractivity contribution in [2.75, 3.05) is 19.8 Å². The molecule has 0 aromatic carbocycles. The van der Waals surface area contributed by atoms with E-state index in [0.29, 0.717) is 0 Å². The average molecular weight is 295 g/mol. The zero-order chi connectivity index (χ0) is 15.0. The largest absolute Gasteiger partial charge is 0.281 e. The molecular formula is C19H38N2. The summed E-state index contributed by atoms with van der Waals surface area (Å²) in [5, 5.41) is 0. The van der Waals surface area contributed by atoms with Gasteiger partial charge in [0.1, 0.15) is 0 Å². The van der Waals surface area contributed by atoms with Crippen LogP contribution in [0.4, 0.5) is 0 Å². The highest BCUT2D eigenvalue weighted by Gasteiger charge is 2.05. The Morgan fingerprint density at radius 3 is 1.62 bits per heavy atom. The average Bonchev–Trinajstić information content (AvgIpc) is 3.01. The Hall–Kier alpha value is -0.370. The van der Waals surface area contributed by atoms with Crippen LogP contribution in [0, 0.1) is 0 Å². The highest BCUT2D eigenvalue weighted by Crippen LogP contribution is 2.13. The Bertz CT molecular complexity index is 230. The van der Waals surface area contributed by atoms with E-state index >= 15 is 0 Å². The van der Waals surface area contributed by atoms with E-state index in [2.05, 4.69) is 16.8 Å². The summed E-state index contributed by atoms with van der Waals surface area (Å²) in [4.78, 5) is 6.68. The Labute approximate surface area is 133 Å². The molecule has 0 aliphatic carbocycles. The molecule has 0 aromatic heterocycles. The third kappa shape index (κ3) is 11.9. The molecule has 0 atom stereocenters. The molecule has 2 nitrogen and oxygen atoms in total. The molecule has 0 saturated carbocycles. The molecule has 0 saturated heterocycles. The van der Waals surface area contributed by atoms with Gasteiger partial charge in [0, 0.05) is 19.3 Å². The van der Waals surface area contributed by atoms with Crippen molar-refractivity contribution in [1.82, 2.24) is 4.90 Å². The molecule has 0 radical (unpaired) electrons. The number of nitrogens with zero attached hydrogens (tertiary/aromatic N) is 2. The summed E-state index contributed by atoms with van der Waals surface area (Å²) >= 11 is 0. The molecule has 1 heterocycles. The van der Waals surface area contributed by atoms with Gasteiger partial charge in [-0.1, -0.05) is 90.4 Å². The third-order valence-corrected chi connectivity index (χ3v) is 4.58. The van der Waals surface area contributed by atoms with E-state index in [4.69, 9.17) is 0 Å². The van der Waals surface area contributed by atoms with Gasteiger partial charge in [-0.25, -0.2) is 0 Å². The van der Waals surface area contributed by atoms with E-state index in [1.54, 1.807) is 0 Å². The summed E-state index contributed by atoms with van der Waals surface area (Å²) in [6.45, 7) is 5.57. The lowest BCUT2D eigenvalue weighted by Crippen LogP contribution is -2.21. The summed E-state index contributed by atoms with van der Waals surface area (Å²) < 4.78 is 0. The van der Waals surface area contributed by atoms with Gasteiger partial charge in [0.15, 0.2) is 0 Å². The Kier molecular flexibility index (Phi) is 13.0. The van der Waals surface area contributed by atoms with Gasteiger partial charge in [0.2, 0.25) is 0 Å². The standard InChI is InChI=1S/C19H38N2/c1-2-3-4-5-6-7-8-9-10-11-12-13-14-15-17-21-18-16-20-19-21/h16H,2-15,17-19H2,1H3. The van der Waals surface area contributed by atoms with Gasteiger partial charge < -0.3 is 0 Å². The maximum absolute atomic E-state index is 4.25. The quantitative estimate of drug-likeness (QED) is 0.348. The van der Waals surface area contributed by atoms with E-state index in [1.165, 1.54) is 96.4 Å². The lowest BCUT2D eigenvalue weighted by molar-refractivity contribution is 0.331. The van der Waals surface area contributed by atoms with Crippen molar-refractivity contribution in [3.05, 3.63) is 0 Å². The smallest absolute Gasteiger partial charge is 0.0909 e. The van der Waals surface area contributed by atoms with Crippen LogP contribution in [0.3, 0.4) is 0 Å². The Morgan fingerprint density at radius 2 is 1.19 bits per heavy atom. The fourth-order valence-corrected chi connectivity index (χ4v) is 3.10. The van der Waals surface area contributed by atoms with Crippen molar-refractivity contribution in [3.8, 4) is 0 Å². The van der Waals surface area contributed by atoms with Crippen molar-refractivity contribution in [2.24, 2.45) is 4.99 Å². The van der Waals surface area contributed by atoms with Crippen LogP contribution in [0.15, 0.2) is 4.99 Å². The highest BCUT2D eigenvalue weighted by atomic mass is 15.2. The first-order chi connectivity index (χ1) is 10.4. The van der Waals surface area contributed by atoms with Crippen LogP contribution in [0.2, 0.25) is 0 Å². The lowest BCUT2D eigenvalue weighted by Gasteiger charge is -2.12. The fraction of sp³-hybridized carbons (Fsp3) is 0.947. The normalized spacial score (nSPS) is 15.1. The van der Waals surface area contributed by atoms with Crippen LogP contribution in [0.1, 0.15) is 96.8 Å². The van der Waals surface area contributed by atoms with Gasteiger partial charge >= 0.3 is 0 Å². The number of unbranched alkanes of at least 4 members (excludes halogenated alkanes) is 13. The first kappa shape index (κ1) is 18.7. The van der Waals surface area contributed by atoms with Crippen LogP contribution in [-0.4, -0.2) is 30.9 Å². The number of rotatable bonds is 15. The van der Waals surface area contributed by atoms with Crippen LogP contribution < -0.4 is 0 Å². The predicted octanol–water partition coefficient (Wildman–Crippen LogP) is 5.81. The Morgan fingerprint density at radius 1 is 0.714 bits per heavy atom. The van der Waals surface area contributed by atoms with Crippen molar-refractivity contribution in [1.29, 1.82) is 0 Å². The molecule has 2 heteroatoms. The number of aliphatic imine (C=N–C) groups is 1. The summed E-state index contributed by atoms with van der Waals surface area (Å²) in [6.07, 6.45) is 22.3. The molecule has 1 rings (SSSR count). The number of hydrogen-bond donors (Lipinski definition) is 0. The molecule has 21 heavy (non-hydrogen) atoms. The minimum absolute atomic E-state index is 0.943. The molecule has 0 N–H and O–H groups in total. The van der Waals surface area contributed by atoms with Crippen molar-refractivity contribution in [2.45, 2.75) is 96.8 Å². The molecule has 1 aliphatic rings. The van der Waals surface area contributed by atoms with Gasteiger partial charge in [-0.3, -0.25) is 9.89 Å². The lowest BCUT2D eigenvalue weighted by atomic mass is 10.0. The van der Waals surface area contributed by atoms with Crippen LogP contribution in [-0.2, 0) is 0 Å². The fourth-order valence-electron chi connectivity index (χ4n) is 3.10. The monoisotopic (exact) mass is 294 g/mol. The van der Waals surface area contributed by atoms with Crippen molar-refractivity contribution < 1.29 is 0 Å². The zero-order valence-corrected chi connectivity index (χ0v) is 14.5. The van der Waals surface area contributed by atoms with Crippen LogP contribution in [0.5, 0.6) is 0 Å². The number of hydrogen-bond acceptors (Lipinski definition) is 2. The topological polar surface area (TPSA) is 15.6 Å². The molecule has 0 bridgehead atoms. The van der Waals surface area contributed by atoms with Gasteiger partial charge in [-0.15, -0.1) is 0 Å². The summed E-state index contributed by atoms with van der Waals surface area (Å²) in [6, 6.07) is 0. The first-order valence-corrected chi connectivity index (χ1v) is 9.64. The second kappa shape index (κ2) is 14.6. The first-order valence-electron chi connectivity index (χ1n) is 9.64. The molecule has 0 fully saturated rings. The van der Waals surface area contributed by atoms with E-state index in [-0.39, 0.29) is 0 Å². The van der Waals surface area contributed by atoms with Gasteiger partial charge in [0.25, 0.3) is 0 Å². The second-order valence-electron chi connectivity index (χ2n) is 6.68. The molecule has 1 aliphatic heterocycles. The molecule has 0 aromatic rings. The summed E-state index contributed by atoms with van der Waals surface area (Å²) in [7, 11) is 0. The van der Waals surface area contributed by atoms with Crippen LogP contribution in [0.25, 0.3) is 0 Å².